The Balaban J connectivity index is 1.67. The van der Waals surface area contributed by atoms with Gasteiger partial charge in [-0.2, -0.15) is 15.1 Å². The van der Waals surface area contributed by atoms with Gasteiger partial charge < -0.3 is 49.4 Å². The molecule has 2 heterocycles. The monoisotopic (exact) mass is 738 g/mol. The number of phenols is 1. The summed E-state index contributed by atoms with van der Waals surface area (Å²) in [5.74, 6) is -0.673. The summed E-state index contributed by atoms with van der Waals surface area (Å²) < 4.78 is 35.0. The first-order valence-corrected chi connectivity index (χ1v) is 16.8. The average molecular weight is 739 g/mol. The third kappa shape index (κ3) is 8.30. The number of likely N-dealkylation sites (N-methyl/N-ethyl adjacent to an activating group) is 1. The number of H-pyrrole nitrogens is 1. The minimum atomic E-state index is -4.35. The molecule has 0 saturated carbocycles. The van der Waals surface area contributed by atoms with Gasteiger partial charge in [-0.15, -0.1) is 9.45 Å². The molecule has 4 aromatic rings. The lowest BCUT2D eigenvalue weighted by Gasteiger charge is -2.42. The summed E-state index contributed by atoms with van der Waals surface area (Å²) in [7, 11) is -2.37. The topological polar surface area (TPSA) is 302 Å². The van der Waals surface area contributed by atoms with Crippen molar-refractivity contribution in [3.05, 3.63) is 58.0 Å². The van der Waals surface area contributed by atoms with Crippen molar-refractivity contribution >= 4 is 62.6 Å². The predicted molar refractivity (Wildman–Crippen MR) is 180 cm³/mol. The zero-order chi connectivity index (χ0) is 36.5. The molecule has 0 amide bonds. The molecule has 11 N–H and O–H groups in total. The number of hydrogen-bond donors (Lipinski definition) is 11. The highest BCUT2D eigenvalue weighted by Crippen LogP contribution is 2.51. The Kier molecular flexibility index (Phi) is 11.2. The van der Waals surface area contributed by atoms with Gasteiger partial charge in [0, 0.05) is 41.7 Å². The molecule has 1 aliphatic rings. The number of aliphatic hydroxyl groups is 4. The van der Waals surface area contributed by atoms with Crippen molar-refractivity contribution in [3.63, 3.8) is 0 Å². The number of aliphatic hydroxyl groups excluding tert-OH is 2. The molecule has 2 unspecified atom stereocenters. The molecule has 0 aliphatic carbocycles. The minimum absolute atomic E-state index is 0.0498. The Morgan fingerprint density at radius 1 is 0.980 bits per heavy atom. The SMILES string of the molecule is CC1CN(c2nc(Nc3cc(S(O)(O)O)cc4cc(SOOO)c(N=Nc5cc(C(O)O)cc(C(O)O)c5)c(O)c34)[nH]c(=O)n2)C(C)CN1C. The molecular weight excluding hydrogens is 704 g/mol. The van der Waals surface area contributed by atoms with Crippen LogP contribution in [0.4, 0.5) is 29.0 Å². The first-order chi connectivity index (χ1) is 23.5. The number of benzene rings is 3. The molecule has 5 rings (SSSR count). The molecule has 1 saturated heterocycles. The van der Waals surface area contributed by atoms with Gasteiger partial charge in [0.05, 0.1) is 33.2 Å². The number of nitrogens with one attached hydrogen (secondary N) is 2. The van der Waals surface area contributed by atoms with Gasteiger partial charge in [0.1, 0.15) is 16.6 Å². The van der Waals surface area contributed by atoms with Gasteiger partial charge in [-0.05, 0) is 62.7 Å². The molecule has 20 nitrogen and oxygen atoms in total. The highest BCUT2D eigenvalue weighted by molar-refractivity contribution is 8.19. The molecule has 2 atom stereocenters. The molecule has 1 aromatic heterocycles. The lowest BCUT2D eigenvalue weighted by atomic mass is 10.1. The van der Waals surface area contributed by atoms with Crippen LogP contribution in [0.5, 0.6) is 5.75 Å². The second kappa shape index (κ2) is 15.1. The quantitative estimate of drug-likeness (QED) is 0.0344. The Bertz CT molecular complexity index is 1930. The number of phenolic OH excluding ortho intramolecular Hbond substituents is 1. The molecule has 270 valence electrons. The van der Waals surface area contributed by atoms with E-state index < -0.39 is 39.8 Å². The Labute approximate surface area is 288 Å². The van der Waals surface area contributed by atoms with Gasteiger partial charge in [-0.3, -0.25) is 9.88 Å². The maximum absolute atomic E-state index is 12.7. The number of azo groups is 1. The second-order valence-electron chi connectivity index (χ2n) is 11.4. The smallest absolute Gasteiger partial charge is 0.351 e. The number of anilines is 3. The van der Waals surface area contributed by atoms with Gasteiger partial charge >= 0.3 is 5.69 Å². The molecule has 1 aliphatic heterocycles. The van der Waals surface area contributed by atoms with Gasteiger partial charge in [0.25, 0.3) is 0 Å². The molecule has 50 heavy (non-hydrogen) atoms. The van der Waals surface area contributed by atoms with E-state index in [9.17, 15) is 44.0 Å². The Hall–Kier alpha value is -4.01. The number of aromatic amines is 1. The van der Waals surface area contributed by atoms with E-state index in [2.05, 4.69) is 44.8 Å². The number of piperazine rings is 1. The van der Waals surface area contributed by atoms with Crippen molar-refractivity contribution in [2.75, 3.05) is 30.4 Å². The van der Waals surface area contributed by atoms with Gasteiger partial charge in [0.2, 0.25) is 11.9 Å². The first kappa shape index (κ1) is 37.3. The fourth-order valence-electron chi connectivity index (χ4n) is 5.32. The summed E-state index contributed by atoms with van der Waals surface area (Å²) >= 11 is 0.346. The van der Waals surface area contributed by atoms with Gasteiger partial charge in [0.15, 0.2) is 18.3 Å². The molecule has 1 fully saturated rings. The van der Waals surface area contributed by atoms with E-state index in [1.807, 2.05) is 25.8 Å². The fraction of sp³-hybridized carbons (Fsp3) is 0.321. The van der Waals surface area contributed by atoms with Crippen LogP contribution in [0.3, 0.4) is 0 Å². The maximum atomic E-state index is 12.7. The Morgan fingerprint density at radius 2 is 1.66 bits per heavy atom. The normalized spacial score (nSPS) is 17.8. The van der Waals surface area contributed by atoms with Crippen LogP contribution in [0.15, 0.2) is 61.2 Å². The third-order valence-electron chi connectivity index (χ3n) is 7.86. The van der Waals surface area contributed by atoms with Crippen molar-refractivity contribution < 1.29 is 53.8 Å². The molecular formula is C28H34N8O12S2. The standard InChI is InChI=1S/C28H34N8O12S2/c1-12-11-36(13(2)10-35(12)3)27-30-26(31-28(42)32-27)29-19-9-18(50(44,45)46)7-14-8-20(49-48-47-43)22(23(37)21(14)19)34-33-17-5-15(24(38)39)4-16(6-17)25(40)41/h4-9,12-13,24-25,37-41,43-46H,10-11H2,1-3H3,(H2,29,30,31,32,42). The number of hydrogen-bond acceptors (Lipinski definition) is 20. The van der Waals surface area contributed by atoms with E-state index in [1.165, 1.54) is 18.2 Å². The van der Waals surface area contributed by atoms with Crippen molar-refractivity contribution in [3.8, 4) is 5.75 Å². The number of aromatic hydroxyl groups is 1. The first-order valence-electron chi connectivity index (χ1n) is 14.6. The molecule has 0 radical (unpaired) electrons. The van der Waals surface area contributed by atoms with Crippen LogP contribution in [0.2, 0.25) is 0 Å². The predicted octanol–water partition coefficient (Wildman–Crippen LogP) is 3.69. The zero-order valence-corrected chi connectivity index (χ0v) is 28.1. The van der Waals surface area contributed by atoms with Crippen molar-refractivity contribution in [2.24, 2.45) is 10.2 Å². The van der Waals surface area contributed by atoms with Gasteiger partial charge in [-0.25, -0.2) is 10.1 Å². The van der Waals surface area contributed by atoms with E-state index in [1.54, 1.807) is 0 Å². The minimum Gasteiger partial charge on any atom is -0.505 e. The summed E-state index contributed by atoms with van der Waals surface area (Å²) in [5, 5.41) is 73.6. The van der Waals surface area contributed by atoms with E-state index in [-0.39, 0.29) is 67.8 Å². The van der Waals surface area contributed by atoms with E-state index in [4.69, 9.17) is 5.26 Å². The molecule has 3 aromatic carbocycles. The number of fused-ring (bicyclic) bond motifs is 1. The van der Waals surface area contributed by atoms with Crippen molar-refractivity contribution in [1.82, 2.24) is 19.9 Å². The number of nitrogens with zero attached hydrogens (tertiary/aromatic N) is 6. The van der Waals surface area contributed by atoms with E-state index in [0.29, 0.717) is 25.1 Å². The van der Waals surface area contributed by atoms with Crippen LogP contribution < -0.4 is 15.9 Å². The summed E-state index contributed by atoms with van der Waals surface area (Å²) in [4.78, 5) is 27.2. The van der Waals surface area contributed by atoms with E-state index >= 15 is 0 Å². The average Bonchev–Trinajstić information content (AvgIpc) is 3.03. The van der Waals surface area contributed by atoms with Crippen molar-refractivity contribution in [1.29, 1.82) is 0 Å². The van der Waals surface area contributed by atoms with E-state index in [0.717, 1.165) is 18.2 Å². The summed E-state index contributed by atoms with van der Waals surface area (Å²) in [6.07, 6.45) is -4.01. The van der Waals surface area contributed by atoms with Crippen LogP contribution in [0.1, 0.15) is 37.6 Å². The number of aromatic nitrogens is 3. The summed E-state index contributed by atoms with van der Waals surface area (Å²) in [6.45, 7) is 5.15. The third-order valence-corrected chi connectivity index (χ3v) is 9.35. The van der Waals surface area contributed by atoms with Crippen LogP contribution in [-0.2, 0) is 9.37 Å². The molecule has 0 bridgehead atoms. The van der Waals surface area contributed by atoms with Crippen LogP contribution >= 0.6 is 22.9 Å². The summed E-state index contributed by atoms with van der Waals surface area (Å²) in [5.41, 5.74) is -1.60. The van der Waals surface area contributed by atoms with Crippen LogP contribution in [-0.4, -0.2) is 96.5 Å². The highest BCUT2D eigenvalue weighted by Gasteiger charge is 2.29. The van der Waals surface area contributed by atoms with Crippen LogP contribution in [0.25, 0.3) is 10.8 Å². The van der Waals surface area contributed by atoms with Gasteiger partial charge in [-0.1, -0.05) is 5.04 Å². The zero-order valence-electron chi connectivity index (χ0n) is 26.4. The fourth-order valence-corrected chi connectivity index (χ4v) is 6.37. The molecule has 22 heteroatoms. The number of rotatable bonds is 11. The highest BCUT2D eigenvalue weighted by atomic mass is 32.3. The van der Waals surface area contributed by atoms with Crippen LogP contribution in [0, 0.1) is 0 Å². The summed E-state index contributed by atoms with van der Waals surface area (Å²) in [6, 6.07) is 7.06. The maximum Gasteiger partial charge on any atom is 0.351 e. The largest absolute Gasteiger partial charge is 0.505 e. The molecule has 0 spiro atoms. The second-order valence-corrected chi connectivity index (χ2v) is 13.7. The van der Waals surface area contributed by atoms with Crippen molar-refractivity contribution in [2.45, 2.75) is 48.3 Å². The lowest BCUT2D eigenvalue weighted by Crippen LogP contribution is -2.55. The lowest BCUT2D eigenvalue weighted by molar-refractivity contribution is -0.432. The Morgan fingerprint density at radius 3 is 2.28 bits per heavy atom.